The summed E-state index contributed by atoms with van der Waals surface area (Å²) in [4.78, 5) is 24.6. The molecular formula is C22H33NO5. The molecule has 0 amide bonds. The normalized spacial score (nSPS) is 12.2. The molecule has 1 rings (SSSR count). The van der Waals surface area contributed by atoms with Gasteiger partial charge in [0.25, 0.3) is 0 Å². The zero-order valence-electron chi connectivity index (χ0n) is 17.5. The Bertz CT molecular complexity index is 624. The number of esters is 2. The molecule has 0 spiro atoms. The van der Waals surface area contributed by atoms with Gasteiger partial charge in [-0.3, -0.25) is 0 Å². The number of carbonyl (C=O) groups is 2. The van der Waals surface area contributed by atoms with E-state index < -0.39 is 11.9 Å². The fourth-order valence-corrected chi connectivity index (χ4v) is 2.55. The van der Waals surface area contributed by atoms with Gasteiger partial charge in [-0.25, -0.2) is 9.59 Å². The molecule has 1 aromatic rings. The van der Waals surface area contributed by atoms with Gasteiger partial charge in [0, 0.05) is 11.9 Å². The molecule has 6 heteroatoms. The van der Waals surface area contributed by atoms with Crippen molar-refractivity contribution in [1.82, 2.24) is 0 Å². The van der Waals surface area contributed by atoms with Crippen molar-refractivity contribution in [2.45, 2.75) is 53.4 Å². The van der Waals surface area contributed by atoms with Crippen LogP contribution in [0.15, 0.2) is 36.0 Å². The van der Waals surface area contributed by atoms with E-state index in [-0.39, 0.29) is 12.2 Å². The smallest absolute Gasteiger partial charge is 0.347 e. The Kier molecular flexibility index (Phi) is 11.5. The molecule has 0 radical (unpaired) electrons. The summed E-state index contributed by atoms with van der Waals surface area (Å²) >= 11 is 0. The summed E-state index contributed by atoms with van der Waals surface area (Å²) in [6.45, 7) is 8.88. The van der Waals surface area contributed by atoms with E-state index in [4.69, 9.17) is 14.2 Å². The molecule has 1 atom stereocenters. The highest BCUT2D eigenvalue weighted by molar-refractivity contribution is 6.14. The minimum atomic E-state index is -0.701. The van der Waals surface area contributed by atoms with Gasteiger partial charge in [-0.05, 0) is 50.5 Å². The van der Waals surface area contributed by atoms with Crippen molar-refractivity contribution in [3.05, 3.63) is 36.0 Å². The first-order valence-electron chi connectivity index (χ1n) is 10.1. The van der Waals surface area contributed by atoms with Crippen molar-refractivity contribution < 1.29 is 23.8 Å². The summed E-state index contributed by atoms with van der Waals surface area (Å²) in [6.07, 6.45) is 5.46. The van der Waals surface area contributed by atoms with E-state index in [9.17, 15) is 9.59 Å². The molecule has 0 saturated heterocycles. The Hall–Kier alpha value is -2.50. The van der Waals surface area contributed by atoms with Crippen molar-refractivity contribution in [2.75, 3.05) is 25.1 Å². The van der Waals surface area contributed by atoms with Crippen LogP contribution in [0.5, 0.6) is 5.75 Å². The fraction of sp³-hybridized carbons (Fsp3) is 0.545. The minimum absolute atomic E-state index is 0.152. The van der Waals surface area contributed by atoms with E-state index in [1.165, 1.54) is 6.20 Å². The number of carbonyl (C=O) groups excluding carboxylic acids is 2. The van der Waals surface area contributed by atoms with Crippen LogP contribution < -0.4 is 10.1 Å². The molecule has 156 valence electrons. The maximum atomic E-state index is 12.5. The number of ether oxygens (including phenoxy) is 3. The van der Waals surface area contributed by atoms with Gasteiger partial charge in [-0.15, -0.1) is 0 Å². The molecule has 0 aromatic heterocycles. The van der Waals surface area contributed by atoms with Gasteiger partial charge >= 0.3 is 11.9 Å². The highest BCUT2D eigenvalue weighted by Gasteiger charge is 2.22. The monoisotopic (exact) mass is 391 g/mol. The van der Waals surface area contributed by atoms with E-state index in [0.717, 1.165) is 31.4 Å². The molecule has 1 N–H and O–H groups in total. The molecule has 0 bridgehead atoms. The second kappa shape index (κ2) is 13.6. The molecule has 0 aliphatic heterocycles. The van der Waals surface area contributed by atoms with Crippen molar-refractivity contribution in [3.63, 3.8) is 0 Å². The van der Waals surface area contributed by atoms with E-state index in [1.54, 1.807) is 19.1 Å². The lowest BCUT2D eigenvalue weighted by Gasteiger charge is -2.15. The predicted octanol–water partition coefficient (Wildman–Crippen LogP) is 4.70. The third-order valence-electron chi connectivity index (χ3n) is 4.26. The van der Waals surface area contributed by atoms with Crippen LogP contribution in [0, 0.1) is 5.92 Å². The van der Waals surface area contributed by atoms with Gasteiger partial charge < -0.3 is 19.5 Å². The lowest BCUT2D eigenvalue weighted by Crippen LogP contribution is -2.22. The third kappa shape index (κ3) is 8.46. The van der Waals surface area contributed by atoms with Crippen LogP contribution in [0.1, 0.15) is 53.4 Å². The summed E-state index contributed by atoms with van der Waals surface area (Å²) < 4.78 is 15.8. The fourth-order valence-electron chi connectivity index (χ4n) is 2.55. The Balaban J connectivity index is 2.79. The maximum Gasteiger partial charge on any atom is 0.347 e. The molecular weight excluding hydrogens is 358 g/mol. The van der Waals surface area contributed by atoms with Gasteiger partial charge in [-0.1, -0.05) is 33.1 Å². The maximum absolute atomic E-state index is 12.5. The standard InChI is InChI=1S/C22H33NO5/c1-5-9-10-17(6-2)16-28-22(25)20(21(24)27-8-4)15-23-18-11-13-19(14-12-18)26-7-3/h11-15,17,23H,5-10,16H2,1-4H3. The second-order valence-electron chi connectivity index (χ2n) is 6.40. The molecule has 0 heterocycles. The van der Waals surface area contributed by atoms with E-state index in [0.29, 0.717) is 24.8 Å². The molecule has 0 saturated carbocycles. The van der Waals surface area contributed by atoms with E-state index in [1.807, 2.05) is 19.1 Å². The lowest BCUT2D eigenvalue weighted by atomic mass is 10.0. The van der Waals surface area contributed by atoms with Crippen LogP contribution in [0.4, 0.5) is 5.69 Å². The summed E-state index contributed by atoms with van der Waals surface area (Å²) in [6, 6.07) is 7.21. The summed E-state index contributed by atoms with van der Waals surface area (Å²) in [5, 5.41) is 2.95. The number of anilines is 1. The van der Waals surface area contributed by atoms with Crippen LogP contribution in [-0.4, -0.2) is 31.8 Å². The highest BCUT2D eigenvalue weighted by Crippen LogP contribution is 2.17. The summed E-state index contributed by atoms with van der Waals surface area (Å²) in [7, 11) is 0. The first-order valence-corrected chi connectivity index (χ1v) is 10.1. The van der Waals surface area contributed by atoms with Crippen LogP contribution in [0.25, 0.3) is 0 Å². The number of hydrogen-bond donors (Lipinski definition) is 1. The average Bonchev–Trinajstić information content (AvgIpc) is 2.70. The molecule has 0 aliphatic carbocycles. The Labute approximate surface area is 168 Å². The van der Waals surface area contributed by atoms with Gasteiger partial charge in [-0.2, -0.15) is 0 Å². The molecule has 0 fully saturated rings. The summed E-state index contributed by atoms with van der Waals surface area (Å²) in [5.74, 6) is -0.328. The third-order valence-corrected chi connectivity index (χ3v) is 4.26. The highest BCUT2D eigenvalue weighted by atomic mass is 16.6. The van der Waals surface area contributed by atoms with Gasteiger partial charge in [0.2, 0.25) is 0 Å². The minimum Gasteiger partial charge on any atom is -0.494 e. The van der Waals surface area contributed by atoms with E-state index in [2.05, 4.69) is 19.2 Å². The molecule has 28 heavy (non-hydrogen) atoms. The zero-order chi connectivity index (χ0) is 20.8. The predicted molar refractivity (Wildman–Crippen MR) is 110 cm³/mol. The largest absolute Gasteiger partial charge is 0.494 e. The topological polar surface area (TPSA) is 73.9 Å². The summed E-state index contributed by atoms with van der Waals surface area (Å²) in [5.41, 5.74) is 0.563. The van der Waals surface area contributed by atoms with Crippen LogP contribution in [0.3, 0.4) is 0 Å². The van der Waals surface area contributed by atoms with Gasteiger partial charge in [0.15, 0.2) is 5.57 Å². The SMILES string of the molecule is CCCCC(CC)COC(=O)C(=CNc1ccc(OCC)cc1)C(=O)OCC. The van der Waals surface area contributed by atoms with E-state index >= 15 is 0 Å². The first-order chi connectivity index (χ1) is 13.5. The average molecular weight is 392 g/mol. The van der Waals surface area contributed by atoms with Crippen LogP contribution in [0.2, 0.25) is 0 Å². The Morgan fingerprint density at radius 2 is 1.68 bits per heavy atom. The van der Waals surface area contributed by atoms with Gasteiger partial charge in [0.05, 0.1) is 19.8 Å². The van der Waals surface area contributed by atoms with Gasteiger partial charge in [0.1, 0.15) is 5.75 Å². The second-order valence-corrected chi connectivity index (χ2v) is 6.40. The number of hydrogen-bond acceptors (Lipinski definition) is 6. The lowest BCUT2D eigenvalue weighted by molar-refractivity contribution is -0.147. The van der Waals surface area contributed by atoms with Crippen molar-refractivity contribution >= 4 is 17.6 Å². The number of unbranched alkanes of at least 4 members (excludes halogenated alkanes) is 1. The van der Waals surface area contributed by atoms with Crippen molar-refractivity contribution in [3.8, 4) is 5.75 Å². The Morgan fingerprint density at radius 3 is 2.25 bits per heavy atom. The van der Waals surface area contributed by atoms with Crippen molar-refractivity contribution in [1.29, 1.82) is 0 Å². The number of benzene rings is 1. The molecule has 1 aromatic carbocycles. The number of rotatable bonds is 13. The molecule has 6 nitrogen and oxygen atoms in total. The number of nitrogens with one attached hydrogen (secondary N) is 1. The zero-order valence-corrected chi connectivity index (χ0v) is 17.5. The van der Waals surface area contributed by atoms with Crippen LogP contribution >= 0.6 is 0 Å². The molecule has 0 aliphatic rings. The molecule has 1 unspecified atom stereocenters. The van der Waals surface area contributed by atoms with Crippen molar-refractivity contribution in [2.24, 2.45) is 5.92 Å². The Morgan fingerprint density at radius 1 is 1.00 bits per heavy atom. The van der Waals surface area contributed by atoms with Crippen LogP contribution in [-0.2, 0) is 19.1 Å². The first kappa shape index (κ1) is 23.5. The quantitative estimate of drug-likeness (QED) is 0.227.